The Kier molecular flexibility index (Phi) is 2.65. The fraction of sp³-hybridized carbons (Fsp3) is 0.333. The van der Waals surface area contributed by atoms with Crippen LogP contribution in [0.25, 0.3) is 10.6 Å². The van der Waals surface area contributed by atoms with Crippen molar-refractivity contribution in [2.75, 3.05) is 0 Å². The van der Waals surface area contributed by atoms with Gasteiger partial charge in [-0.1, -0.05) is 11.6 Å². The summed E-state index contributed by atoms with van der Waals surface area (Å²) in [5.41, 5.74) is 1.47. The smallest absolute Gasteiger partial charge is 0.149 e. The summed E-state index contributed by atoms with van der Waals surface area (Å²) in [5.74, 6) is 1.03. The van der Waals surface area contributed by atoms with E-state index in [9.17, 15) is 5.26 Å². The second-order valence-electron chi connectivity index (χ2n) is 4.05. The number of thiophene rings is 1. The average molecular weight is 264 g/mol. The van der Waals surface area contributed by atoms with Crippen LogP contribution in [0.1, 0.15) is 24.4 Å². The van der Waals surface area contributed by atoms with E-state index in [1.165, 1.54) is 11.3 Å². The van der Waals surface area contributed by atoms with Crippen LogP contribution in [0.15, 0.2) is 12.1 Å². The third-order valence-corrected chi connectivity index (χ3v) is 4.23. The molecule has 0 aliphatic carbocycles. The monoisotopic (exact) mass is 263 g/mol. The van der Waals surface area contributed by atoms with Crippen LogP contribution in [0, 0.1) is 11.3 Å². The first-order valence-electron chi connectivity index (χ1n) is 5.55. The van der Waals surface area contributed by atoms with Gasteiger partial charge in [-0.3, -0.25) is 0 Å². The number of fused-ring (bicyclic) bond motifs is 1. The number of aryl methyl sites for hydroxylation is 1. The first kappa shape index (κ1) is 10.8. The van der Waals surface area contributed by atoms with Crippen molar-refractivity contribution in [3.63, 3.8) is 0 Å². The van der Waals surface area contributed by atoms with E-state index < -0.39 is 0 Å². The van der Waals surface area contributed by atoms with Gasteiger partial charge < -0.3 is 4.57 Å². The Morgan fingerprint density at radius 3 is 3.00 bits per heavy atom. The molecule has 0 saturated carbocycles. The van der Waals surface area contributed by atoms with Gasteiger partial charge in [-0.2, -0.15) is 5.26 Å². The van der Waals surface area contributed by atoms with Crippen LogP contribution >= 0.6 is 22.9 Å². The van der Waals surface area contributed by atoms with Crippen LogP contribution in [0.5, 0.6) is 0 Å². The van der Waals surface area contributed by atoms with Crippen molar-refractivity contribution in [2.24, 2.45) is 0 Å². The fourth-order valence-electron chi connectivity index (χ4n) is 2.21. The van der Waals surface area contributed by atoms with E-state index in [0.717, 1.165) is 46.5 Å². The molecule has 3 rings (SSSR count). The molecule has 0 unspecified atom stereocenters. The predicted octanol–water partition coefficient (Wildman–Crippen LogP) is 3.47. The van der Waals surface area contributed by atoms with Crippen LogP contribution in [0.4, 0.5) is 0 Å². The Hall–Kier alpha value is -1.31. The number of nitrogens with zero attached hydrogens (tertiary/aromatic N) is 3. The summed E-state index contributed by atoms with van der Waals surface area (Å²) < 4.78 is 2.78. The van der Waals surface area contributed by atoms with Gasteiger partial charge in [0, 0.05) is 13.0 Å². The number of nitriles is 1. The highest BCUT2D eigenvalue weighted by Crippen LogP contribution is 2.33. The van der Waals surface area contributed by atoms with Crippen LogP contribution in [-0.4, -0.2) is 9.55 Å². The molecule has 0 amide bonds. The average Bonchev–Trinajstić information content (AvgIpc) is 2.91. The summed E-state index contributed by atoms with van der Waals surface area (Å²) in [5, 5.41) is 9.29. The van der Waals surface area contributed by atoms with Crippen molar-refractivity contribution >= 4 is 22.9 Å². The lowest BCUT2D eigenvalue weighted by Gasteiger charge is -2.13. The molecule has 0 saturated heterocycles. The molecule has 17 heavy (non-hydrogen) atoms. The highest BCUT2D eigenvalue weighted by molar-refractivity contribution is 7.19. The molecule has 0 spiro atoms. The van der Waals surface area contributed by atoms with Gasteiger partial charge in [0.25, 0.3) is 0 Å². The first-order chi connectivity index (χ1) is 8.29. The van der Waals surface area contributed by atoms with Crippen LogP contribution in [0.2, 0.25) is 4.34 Å². The summed E-state index contributed by atoms with van der Waals surface area (Å²) in [6, 6.07) is 6.06. The molecule has 0 N–H and O–H groups in total. The molecule has 5 heteroatoms. The summed E-state index contributed by atoms with van der Waals surface area (Å²) in [6.45, 7) is 0.907. The molecule has 1 aliphatic rings. The van der Waals surface area contributed by atoms with Crippen molar-refractivity contribution in [2.45, 2.75) is 25.8 Å². The molecule has 2 aromatic heterocycles. The predicted molar refractivity (Wildman–Crippen MR) is 68.2 cm³/mol. The minimum absolute atomic E-state index is 0.679. The minimum atomic E-state index is 0.679. The van der Waals surface area contributed by atoms with Gasteiger partial charge in [-0.25, -0.2) is 4.98 Å². The van der Waals surface area contributed by atoms with Gasteiger partial charge in [0.05, 0.1) is 9.21 Å². The van der Waals surface area contributed by atoms with E-state index in [0.29, 0.717) is 5.69 Å². The van der Waals surface area contributed by atoms with Crippen LogP contribution in [0.3, 0.4) is 0 Å². The maximum absolute atomic E-state index is 9.29. The zero-order valence-corrected chi connectivity index (χ0v) is 10.7. The zero-order chi connectivity index (χ0) is 11.8. The van der Waals surface area contributed by atoms with E-state index in [-0.39, 0.29) is 0 Å². The Labute approximate surface area is 108 Å². The number of rotatable bonds is 1. The van der Waals surface area contributed by atoms with Gasteiger partial charge in [0.1, 0.15) is 23.3 Å². The number of hydrogen-bond acceptors (Lipinski definition) is 3. The molecule has 0 atom stereocenters. The Morgan fingerprint density at radius 2 is 2.29 bits per heavy atom. The number of aromatic nitrogens is 2. The van der Waals surface area contributed by atoms with Crippen molar-refractivity contribution in [3.05, 3.63) is 28.0 Å². The maximum Gasteiger partial charge on any atom is 0.149 e. The van der Waals surface area contributed by atoms with Crippen molar-refractivity contribution in [1.29, 1.82) is 5.26 Å². The topological polar surface area (TPSA) is 41.6 Å². The highest BCUT2D eigenvalue weighted by Gasteiger charge is 2.21. The van der Waals surface area contributed by atoms with Crippen LogP contribution in [-0.2, 0) is 13.0 Å². The van der Waals surface area contributed by atoms with E-state index in [2.05, 4.69) is 11.1 Å². The summed E-state index contributed by atoms with van der Waals surface area (Å²) in [4.78, 5) is 5.58. The van der Waals surface area contributed by atoms with E-state index >= 15 is 0 Å². The molecule has 3 heterocycles. The Bertz CT molecular complexity index is 606. The minimum Gasteiger partial charge on any atom is -0.319 e. The molecule has 1 aliphatic heterocycles. The molecular formula is C12H10ClN3S. The number of hydrogen-bond donors (Lipinski definition) is 0. The van der Waals surface area contributed by atoms with E-state index in [4.69, 9.17) is 11.6 Å². The molecule has 0 bridgehead atoms. The standard InChI is InChI=1S/C12H10ClN3S/c13-10-5-4-9(17-10)12-8(7-14)16-6-2-1-3-11(16)15-12/h4-5H,1-3,6H2. The molecule has 0 aromatic carbocycles. The third kappa shape index (κ3) is 1.76. The highest BCUT2D eigenvalue weighted by atomic mass is 35.5. The van der Waals surface area contributed by atoms with Gasteiger partial charge in [-0.05, 0) is 25.0 Å². The van der Waals surface area contributed by atoms with Crippen molar-refractivity contribution < 1.29 is 0 Å². The second-order valence-corrected chi connectivity index (χ2v) is 5.76. The summed E-state index contributed by atoms with van der Waals surface area (Å²) in [7, 11) is 0. The molecule has 0 fully saturated rings. The summed E-state index contributed by atoms with van der Waals surface area (Å²) >= 11 is 7.41. The SMILES string of the molecule is N#Cc1c(-c2ccc(Cl)s2)nc2n1CCCC2. The molecule has 3 nitrogen and oxygen atoms in total. The van der Waals surface area contributed by atoms with Crippen LogP contribution < -0.4 is 0 Å². The quantitative estimate of drug-likeness (QED) is 0.790. The zero-order valence-electron chi connectivity index (χ0n) is 9.11. The largest absolute Gasteiger partial charge is 0.319 e. The molecule has 86 valence electrons. The van der Waals surface area contributed by atoms with Crippen molar-refractivity contribution in [3.8, 4) is 16.6 Å². The van der Waals surface area contributed by atoms with Gasteiger partial charge in [0.2, 0.25) is 0 Å². The van der Waals surface area contributed by atoms with Gasteiger partial charge in [0.15, 0.2) is 0 Å². The maximum atomic E-state index is 9.29. The first-order valence-corrected chi connectivity index (χ1v) is 6.74. The fourth-order valence-corrected chi connectivity index (χ4v) is 3.24. The molecule has 2 aromatic rings. The van der Waals surface area contributed by atoms with Gasteiger partial charge in [-0.15, -0.1) is 11.3 Å². The van der Waals surface area contributed by atoms with Crippen molar-refractivity contribution in [1.82, 2.24) is 9.55 Å². The van der Waals surface area contributed by atoms with E-state index in [1.807, 2.05) is 16.7 Å². The lowest BCUT2D eigenvalue weighted by Crippen LogP contribution is -2.11. The lowest BCUT2D eigenvalue weighted by molar-refractivity contribution is 0.519. The van der Waals surface area contributed by atoms with E-state index in [1.54, 1.807) is 0 Å². The normalized spacial score (nSPS) is 14.4. The Balaban J connectivity index is 2.17. The Morgan fingerprint density at radius 1 is 1.41 bits per heavy atom. The van der Waals surface area contributed by atoms with Gasteiger partial charge >= 0.3 is 0 Å². The molecular weight excluding hydrogens is 254 g/mol. The lowest BCUT2D eigenvalue weighted by atomic mass is 10.1. The number of imidazole rings is 1. The molecule has 0 radical (unpaired) electrons. The summed E-state index contributed by atoms with van der Waals surface area (Å²) in [6.07, 6.45) is 3.25. The number of halogens is 1. The third-order valence-electron chi connectivity index (χ3n) is 2.99. The second kappa shape index (κ2) is 4.17.